The zero-order valence-electron chi connectivity index (χ0n) is 7.75. The van der Waals surface area contributed by atoms with Gasteiger partial charge in [-0.15, -0.1) is 0 Å². The second kappa shape index (κ2) is 5.48. The highest BCUT2D eigenvalue weighted by Crippen LogP contribution is 1.89. The van der Waals surface area contributed by atoms with Gasteiger partial charge in [0.2, 0.25) is 5.91 Å². The molecule has 1 aromatic heterocycles. The Morgan fingerprint density at radius 1 is 1.47 bits per heavy atom. The molecule has 0 aliphatic rings. The average Bonchev–Trinajstić information content (AvgIpc) is 2.25. The van der Waals surface area contributed by atoms with Gasteiger partial charge in [0.25, 0.3) is 0 Å². The summed E-state index contributed by atoms with van der Waals surface area (Å²) < 4.78 is 0. The Bertz CT molecular complexity index is 375. The Labute approximate surface area is 85.7 Å². The van der Waals surface area contributed by atoms with E-state index in [0.29, 0.717) is 5.69 Å². The molecule has 0 aliphatic carbocycles. The lowest BCUT2D eigenvalue weighted by molar-refractivity contribution is -0.131. The number of hydrogen-bond acceptors (Lipinski definition) is 4. The van der Waals surface area contributed by atoms with E-state index < -0.39 is 11.9 Å². The van der Waals surface area contributed by atoms with Gasteiger partial charge in [-0.3, -0.25) is 4.79 Å². The first-order valence-corrected chi connectivity index (χ1v) is 4.12. The highest BCUT2D eigenvalue weighted by atomic mass is 16.4. The summed E-state index contributed by atoms with van der Waals surface area (Å²) in [4.78, 5) is 28.7. The highest BCUT2D eigenvalue weighted by molar-refractivity contribution is 5.93. The number of nitrogens with one attached hydrogen (secondary N) is 1. The first-order chi connectivity index (χ1) is 7.18. The predicted molar refractivity (Wildman–Crippen MR) is 50.7 cm³/mol. The van der Waals surface area contributed by atoms with Crippen molar-refractivity contribution in [2.45, 2.75) is 6.54 Å². The van der Waals surface area contributed by atoms with Crippen LogP contribution < -0.4 is 5.32 Å². The maximum atomic E-state index is 11.0. The summed E-state index contributed by atoms with van der Waals surface area (Å²) in [5, 5.41) is 10.7. The SMILES string of the molecule is O=C(O)/C=C/C(=O)NCc1ccncn1. The topological polar surface area (TPSA) is 92.2 Å². The monoisotopic (exact) mass is 207 g/mol. The maximum Gasteiger partial charge on any atom is 0.328 e. The van der Waals surface area contributed by atoms with Crippen LogP contribution in [-0.4, -0.2) is 27.0 Å². The van der Waals surface area contributed by atoms with Crippen molar-refractivity contribution in [1.82, 2.24) is 15.3 Å². The van der Waals surface area contributed by atoms with Gasteiger partial charge in [0, 0.05) is 18.3 Å². The maximum absolute atomic E-state index is 11.0. The third-order valence-electron chi connectivity index (χ3n) is 1.46. The molecule has 2 N–H and O–H groups in total. The number of carboxylic acid groups (broad SMARTS) is 1. The summed E-state index contributed by atoms with van der Waals surface area (Å²) in [6, 6.07) is 1.65. The van der Waals surface area contributed by atoms with Crippen LogP contribution in [0.25, 0.3) is 0 Å². The lowest BCUT2D eigenvalue weighted by Crippen LogP contribution is -2.21. The summed E-state index contributed by atoms with van der Waals surface area (Å²) >= 11 is 0. The molecule has 0 fully saturated rings. The first kappa shape index (κ1) is 10.8. The molecule has 0 saturated carbocycles. The van der Waals surface area contributed by atoms with Crippen molar-refractivity contribution in [3.05, 3.63) is 36.4 Å². The van der Waals surface area contributed by atoms with Crippen molar-refractivity contribution in [3.8, 4) is 0 Å². The smallest absolute Gasteiger partial charge is 0.328 e. The average molecular weight is 207 g/mol. The first-order valence-electron chi connectivity index (χ1n) is 4.12. The zero-order chi connectivity index (χ0) is 11.1. The van der Waals surface area contributed by atoms with Crippen molar-refractivity contribution < 1.29 is 14.7 Å². The van der Waals surface area contributed by atoms with Gasteiger partial charge in [-0.05, 0) is 6.07 Å². The highest BCUT2D eigenvalue weighted by Gasteiger charge is 1.97. The number of carbonyl (C=O) groups excluding carboxylic acids is 1. The van der Waals surface area contributed by atoms with E-state index in [2.05, 4.69) is 15.3 Å². The summed E-state index contributed by atoms with van der Waals surface area (Å²) in [5.74, 6) is -1.64. The molecule has 6 nitrogen and oxygen atoms in total. The predicted octanol–water partition coefficient (Wildman–Crippen LogP) is -0.266. The molecule has 1 heterocycles. The van der Waals surface area contributed by atoms with Crippen LogP contribution >= 0.6 is 0 Å². The van der Waals surface area contributed by atoms with Crippen LogP contribution in [0.5, 0.6) is 0 Å². The third-order valence-corrected chi connectivity index (χ3v) is 1.46. The molecule has 15 heavy (non-hydrogen) atoms. The Balaban J connectivity index is 2.38. The van der Waals surface area contributed by atoms with Crippen molar-refractivity contribution in [2.24, 2.45) is 0 Å². The van der Waals surface area contributed by atoms with Gasteiger partial charge in [0.15, 0.2) is 0 Å². The van der Waals surface area contributed by atoms with Gasteiger partial charge in [0.05, 0.1) is 12.2 Å². The minimum atomic E-state index is -1.16. The summed E-state index contributed by atoms with van der Waals surface area (Å²) in [6.07, 6.45) is 4.65. The van der Waals surface area contributed by atoms with Crippen molar-refractivity contribution in [2.75, 3.05) is 0 Å². The fraction of sp³-hybridized carbons (Fsp3) is 0.111. The van der Waals surface area contributed by atoms with Crippen LogP contribution in [0.2, 0.25) is 0 Å². The fourth-order valence-corrected chi connectivity index (χ4v) is 0.806. The molecule has 1 amide bonds. The number of carboxylic acids is 1. The number of carbonyl (C=O) groups is 2. The second-order valence-electron chi connectivity index (χ2n) is 2.59. The molecule has 0 saturated heterocycles. The molecule has 0 unspecified atom stereocenters. The number of nitrogens with zero attached hydrogens (tertiary/aromatic N) is 2. The third kappa shape index (κ3) is 4.51. The van der Waals surface area contributed by atoms with Crippen LogP contribution in [0.15, 0.2) is 30.7 Å². The molecule has 0 aromatic carbocycles. The molecule has 1 rings (SSSR count). The van der Waals surface area contributed by atoms with Gasteiger partial charge < -0.3 is 10.4 Å². The summed E-state index contributed by atoms with van der Waals surface area (Å²) in [6.45, 7) is 0.241. The van der Waals surface area contributed by atoms with E-state index in [-0.39, 0.29) is 6.54 Å². The zero-order valence-corrected chi connectivity index (χ0v) is 7.75. The molecular weight excluding hydrogens is 198 g/mol. The van der Waals surface area contributed by atoms with Crippen LogP contribution in [0.4, 0.5) is 0 Å². The van der Waals surface area contributed by atoms with Crippen molar-refractivity contribution in [1.29, 1.82) is 0 Å². The lowest BCUT2D eigenvalue weighted by atomic mass is 10.4. The number of aromatic nitrogens is 2. The standard InChI is InChI=1S/C9H9N3O3/c13-8(1-2-9(14)15)11-5-7-3-4-10-6-12-7/h1-4,6H,5H2,(H,11,13)(H,14,15)/b2-1+. The molecule has 1 aromatic rings. The van der Waals surface area contributed by atoms with Gasteiger partial charge in [0.1, 0.15) is 6.33 Å². The molecule has 0 bridgehead atoms. The number of aliphatic carboxylic acids is 1. The van der Waals surface area contributed by atoms with Crippen LogP contribution in [0, 0.1) is 0 Å². The van der Waals surface area contributed by atoms with Crippen molar-refractivity contribution in [3.63, 3.8) is 0 Å². The molecule has 0 aliphatic heterocycles. The Hall–Kier alpha value is -2.24. The lowest BCUT2D eigenvalue weighted by Gasteiger charge is -1.99. The molecule has 78 valence electrons. The van der Waals surface area contributed by atoms with Gasteiger partial charge in [-0.2, -0.15) is 0 Å². The van der Waals surface area contributed by atoms with Gasteiger partial charge >= 0.3 is 5.97 Å². The van der Waals surface area contributed by atoms with E-state index in [0.717, 1.165) is 12.2 Å². The Morgan fingerprint density at radius 3 is 2.87 bits per heavy atom. The van der Waals surface area contributed by atoms with E-state index in [1.807, 2.05) is 0 Å². The van der Waals surface area contributed by atoms with Crippen LogP contribution in [0.1, 0.15) is 5.69 Å². The Kier molecular flexibility index (Phi) is 3.96. The molecule has 0 radical (unpaired) electrons. The van der Waals surface area contributed by atoms with E-state index >= 15 is 0 Å². The minimum absolute atomic E-state index is 0.241. The largest absolute Gasteiger partial charge is 0.478 e. The summed E-state index contributed by atoms with van der Waals surface area (Å²) in [7, 11) is 0. The second-order valence-corrected chi connectivity index (χ2v) is 2.59. The molecule has 6 heteroatoms. The van der Waals surface area contributed by atoms with E-state index in [1.54, 1.807) is 12.3 Å². The number of rotatable bonds is 4. The normalized spacial score (nSPS) is 10.1. The molecular formula is C9H9N3O3. The minimum Gasteiger partial charge on any atom is -0.478 e. The van der Waals surface area contributed by atoms with Crippen LogP contribution in [0.3, 0.4) is 0 Å². The van der Waals surface area contributed by atoms with Crippen molar-refractivity contribution >= 4 is 11.9 Å². The number of amides is 1. The number of hydrogen-bond donors (Lipinski definition) is 2. The van der Waals surface area contributed by atoms with E-state index in [9.17, 15) is 9.59 Å². The van der Waals surface area contributed by atoms with Gasteiger partial charge in [-0.25, -0.2) is 14.8 Å². The van der Waals surface area contributed by atoms with Gasteiger partial charge in [-0.1, -0.05) is 0 Å². The Morgan fingerprint density at radius 2 is 2.27 bits per heavy atom. The van der Waals surface area contributed by atoms with E-state index in [4.69, 9.17) is 5.11 Å². The quantitative estimate of drug-likeness (QED) is 0.663. The fourth-order valence-electron chi connectivity index (χ4n) is 0.806. The molecule has 0 atom stereocenters. The molecule has 0 spiro atoms. The summed E-state index contributed by atoms with van der Waals surface area (Å²) in [5.41, 5.74) is 0.655. The van der Waals surface area contributed by atoms with E-state index in [1.165, 1.54) is 6.33 Å². The van der Waals surface area contributed by atoms with Crippen LogP contribution in [-0.2, 0) is 16.1 Å².